The zero-order valence-electron chi connectivity index (χ0n) is 13.2. The monoisotopic (exact) mass is 333 g/mol. The fourth-order valence-corrected chi connectivity index (χ4v) is 2.55. The molecule has 3 rings (SSSR count). The molecule has 0 fully saturated rings. The molecule has 1 aromatic heterocycles. The summed E-state index contributed by atoms with van der Waals surface area (Å²) in [6.07, 6.45) is 1.12. The Morgan fingerprint density at radius 1 is 0.920 bits per heavy atom. The fraction of sp³-hybridized carbons (Fsp3) is 0.0526. The molecule has 0 saturated heterocycles. The molecule has 0 saturated carbocycles. The van der Waals surface area contributed by atoms with E-state index in [9.17, 15) is 14.9 Å². The minimum Gasteiger partial charge on any atom is -0.310 e. The average Bonchev–Trinajstić information content (AvgIpc) is 2.64. The second kappa shape index (κ2) is 7.35. The van der Waals surface area contributed by atoms with Crippen LogP contribution in [-0.4, -0.2) is 15.8 Å². The third-order valence-corrected chi connectivity index (χ3v) is 3.74. The predicted molar refractivity (Wildman–Crippen MR) is 94.2 cm³/mol. The lowest BCUT2D eigenvalue weighted by Gasteiger charge is -2.17. The SMILES string of the molecule is O=C(Nc1ccc([N+](=O)[O-])cn1)C(c1ccccc1)c1ccccc1. The number of nitrogens with zero attached hydrogens (tertiary/aromatic N) is 2. The summed E-state index contributed by atoms with van der Waals surface area (Å²) in [5.74, 6) is -0.481. The number of carbonyl (C=O) groups is 1. The van der Waals surface area contributed by atoms with E-state index in [0.717, 1.165) is 17.3 Å². The highest BCUT2D eigenvalue weighted by molar-refractivity contribution is 5.97. The van der Waals surface area contributed by atoms with Gasteiger partial charge < -0.3 is 5.32 Å². The van der Waals surface area contributed by atoms with Gasteiger partial charge in [-0.3, -0.25) is 14.9 Å². The molecule has 1 heterocycles. The number of anilines is 1. The number of hydrogen-bond acceptors (Lipinski definition) is 4. The summed E-state index contributed by atoms with van der Waals surface area (Å²) in [5.41, 5.74) is 1.59. The summed E-state index contributed by atoms with van der Waals surface area (Å²) >= 11 is 0. The first-order chi connectivity index (χ1) is 12.1. The Bertz CT molecular complexity index is 826. The lowest BCUT2D eigenvalue weighted by atomic mass is 9.90. The van der Waals surface area contributed by atoms with Crippen molar-refractivity contribution in [3.8, 4) is 0 Å². The predicted octanol–water partition coefficient (Wildman–Crippen LogP) is 3.76. The summed E-state index contributed by atoms with van der Waals surface area (Å²) in [6.45, 7) is 0. The molecule has 6 heteroatoms. The third-order valence-electron chi connectivity index (χ3n) is 3.74. The van der Waals surface area contributed by atoms with E-state index in [2.05, 4.69) is 10.3 Å². The second-order valence-electron chi connectivity index (χ2n) is 5.40. The van der Waals surface area contributed by atoms with Crippen molar-refractivity contribution in [2.45, 2.75) is 5.92 Å². The summed E-state index contributed by atoms with van der Waals surface area (Å²) < 4.78 is 0. The van der Waals surface area contributed by atoms with Gasteiger partial charge in [0.25, 0.3) is 5.69 Å². The molecule has 124 valence electrons. The molecule has 1 amide bonds. The molecule has 0 atom stereocenters. The first-order valence-corrected chi connectivity index (χ1v) is 7.66. The molecular weight excluding hydrogens is 318 g/mol. The molecule has 0 aliphatic heterocycles. The molecule has 1 N–H and O–H groups in total. The number of pyridine rings is 1. The van der Waals surface area contributed by atoms with Crippen LogP contribution in [0, 0.1) is 10.1 Å². The van der Waals surface area contributed by atoms with Gasteiger partial charge in [-0.15, -0.1) is 0 Å². The van der Waals surface area contributed by atoms with E-state index >= 15 is 0 Å². The minimum absolute atomic E-state index is 0.124. The number of nitro groups is 1. The molecule has 0 radical (unpaired) electrons. The topological polar surface area (TPSA) is 85.1 Å². The van der Waals surface area contributed by atoms with E-state index < -0.39 is 10.8 Å². The average molecular weight is 333 g/mol. The van der Waals surface area contributed by atoms with Crippen LogP contribution in [0.25, 0.3) is 0 Å². The number of nitrogens with one attached hydrogen (secondary N) is 1. The van der Waals surface area contributed by atoms with Crippen molar-refractivity contribution in [2.24, 2.45) is 0 Å². The Labute approximate surface area is 144 Å². The van der Waals surface area contributed by atoms with Crippen LogP contribution in [0.15, 0.2) is 79.0 Å². The summed E-state index contributed by atoms with van der Waals surface area (Å²) in [5, 5.41) is 13.4. The van der Waals surface area contributed by atoms with Crippen LogP contribution in [0.5, 0.6) is 0 Å². The first-order valence-electron chi connectivity index (χ1n) is 7.66. The van der Waals surface area contributed by atoms with Crippen LogP contribution >= 0.6 is 0 Å². The van der Waals surface area contributed by atoms with Crippen LogP contribution in [0.1, 0.15) is 17.0 Å². The van der Waals surface area contributed by atoms with Crippen molar-refractivity contribution in [3.63, 3.8) is 0 Å². The maximum atomic E-state index is 12.8. The number of carbonyl (C=O) groups excluding carboxylic acids is 1. The van der Waals surface area contributed by atoms with Crippen molar-refractivity contribution in [3.05, 3.63) is 100 Å². The van der Waals surface area contributed by atoms with E-state index in [1.54, 1.807) is 0 Å². The maximum Gasteiger partial charge on any atom is 0.287 e. The molecule has 25 heavy (non-hydrogen) atoms. The van der Waals surface area contributed by atoms with Gasteiger partial charge in [-0.05, 0) is 17.2 Å². The highest BCUT2D eigenvalue weighted by atomic mass is 16.6. The van der Waals surface area contributed by atoms with Crippen LogP contribution in [-0.2, 0) is 4.79 Å². The number of amides is 1. The van der Waals surface area contributed by atoms with E-state index in [1.807, 2.05) is 60.7 Å². The van der Waals surface area contributed by atoms with Gasteiger partial charge in [0.05, 0.1) is 10.8 Å². The largest absolute Gasteiger partial charge is 0.310 e. The minimum atomic E-state index is -0.532. The van der Waals surface area contributed by atoms with E-state index in [-0.39, 0.29) is 17.4 Å². The molecule has 0 spiro atoms. The Morgan fingerprint density at radius 3 is 1.92 bits per heavy atom. The lowest BCUT2D eigenvalue weighted by molar-refractivity contribution is -0.385. The highest BCUT2D eigenvalue weighted by Gasteiger charge is 2.23. The highest BCUT2D eigenvalue weighted by Crippen LogP contribution is 2.26. The molecule has 0 unspecified atom stereocenters. The van der Waals surface area contributed by atoms with E-state index in [4.69, 9.17) is 0 Å². The smallest absolute Gasteiger partial charge is 0.287 e. The van der Waals surface area contributed by atoms with Gasteiger partial charge in [-0.2, -0.15) is 0 Å². The molecular formula is C19H15N3O3. The van der Waals surface area contributed by atoms with Crippen molar-refractivity contribution in [1.82, 2.24) is 4.98 Å². The zero-order valence-corrected chi connectivity index (χ0v) is 13.2. The van der Waals surface area contributed by atoms with Gasteiger partial charge in [0, 0.05) is 6.07 Å². The summed E-state index contributed by atoms with van der Waals surface area (Å²) in [6, 6.07) is 21.6. The van der Waals surface area contributed by atoms with Gasteiger partial charge >= 0.3 is 0 Å². The van der Waals surface area contributed by atoms with Gasteiger partial charge in [-0.1, -0.05) is 60.7 Å². The molecule has 3 aromatic rings. The molecule has 0 aliphatic carbocycles. The van der Waals surface area contributed by atoms with Crippen molar-refractivity contribution in [1.29, 1.82) is 0 Å². The lowest BCUT2D eigenvalue weighted by Crippen LogP contribution is -2.22. The Morgan fingerprint density at radius 2 is 1.48 bits per heavy atom. The number of aromatic nitrogens is 1. The van der Waals surface area contributed by atoms with Crippen LogP contribution in [0.2, 0.25) is 0 Å². The fourth-order valence-electron chi connectivity index (χ4n) is 2.55. The van der Waals surface area contributed by atoms with Crippen molar-refractivity contribution < 1.29 is 9.72 Å². The van der Waals surface area contributed by atoms with Gasteiger partial charge in [0.15, 0.2) is 0 Å². The Hall–Kier alpha value is -3.54. The molecule has 6 nitrogen and oxygen atoms in total. The van der Waals surface area contributed by atoms with Crippen molar-refractivity contribution in [2.75, 3.05) is 5.32 Å². The third kappa shape index (κ3) is 3.87. The number of benzene rings is 2. The Kier molecular flexibility index (Phi) is 4.80. The zero-order chi connectivity index (χ0) is 17.6. The number of rotatable bonds is 5. The van der Waals surface area contributed by atoms with Crippen LogP contribution < -0.4 is 5.32 Å². The standard InChI is InChI=1S/C19H15N3O3/c23-19(21-17-12-11-16(13-20-17)22(24)25)18(14-7-3-1-4-8-14)15-9-5-2-6-10-15/h1-13,18H,(H,20,21,23). The Balaban J connectivity index is 1.88. The maximum absolute atomic E-state index is 12.8. The van der Waals surface area contributed by atoms with E-state index in [0.29, 0.717) is 0 Å². The van der Waals surface area contributed by atoms with Crippen LogP contribution in [0.3, 0.4) is 0 Å². The molecule has 0 bridgehead atoms. The molecule has 2 aromatic carbocycles. The van der Waals surface area contributed by atoms with Gasteiger partial charge in [-0.25, -0.2) is 4.98 Å². The summed E-state index contributed by atoms with van der Waals surface area (Å²) in [4.78, 5) is 26.9. The quantitative estimate of drug-likeness (QED) is 0.569. The molecule has 0 aliphatic rings. The van der Waals surface area contributed by atoms with Crippen LogP contribution in [0.4, 0.5) is 11.5 Å². The van der Waals surface area contributed by atoms with E-state index in [1.165, 1.54) is 12.1 Å². The van der Waals surface area contributed by atoms with Crippen molar-refractivity contribution >= 4 is 17.4 Å². The summed E-state index contributed by atoms with van der Waals surface area (Å²) in [7, 11) is 0. The van der Waals surface area contributed by atoms with Gasteiger partial charge in [0.2, 0.25) is 5.91 Å². The second-order valence-corrected chi connectivity index (χ2v) is 5.40. The normalized spacial score (nSPS) is 10.4. The first kappa shape index (κ1) is 16.3. The van der Waals surface area contributed by atoms with Gasteiger partial charge in [0.1, 0.15) is 12.0 Å². The number of hydrogen-bond donors (Lipinski definition) is 1.